The number of ether oxygens (including phenoxy) is 2. The average molecular weight is 270 g/mol. The van der Waals surface area contributed by atoms with Gasteiger partial charge >= 0.3 is 0 Å². The molecule has 20 heavy (non-hydrogen) atoms. The predicted octanol–water partition coefficient (Wildman–Crippen LogP) is 3.12. The van der Waals surface area contributed by atoms with Crippen molar-refractivity contribution in [2.45, 2.75) is 25.0 Å². The minimum absolute atomic E-state index is 0.00768. The van der Waals surface area contributed by atoms with Gasteiger partial charge in [-0.15, -0.1) is 0 Å². The first kappa shape index (κ1) is 13.0. The van der Waals surface area contributed by atoms with E-state index in [1.54, 1.807) is 7.11 Å². The van der Waals surface area contributed by atoms with E-state index in [9.17, 15) is 5.11 Å². The Hall–Kier alpha value is -2.00. The van der Waals surface area contributed by atoms with Crippen LogP contribution in [-0.2, 0) is 6.42 Å². The van der Waals surface area contributed by atoms with Gasteiger partial charge < -0.3 is 14.6 Å². The summed E-state index contributed by atoms with van der Waals surface area (Å²) in [6.45, 7) is 0. The summed E-state index contributed by atoms with van der Waals surface area (Å²) in [5, 5.41) is 10.3. The highest BCUT2D eigenvalue weighted by atomic mass is 16.5. The molecule has 1 aliphatic heterocycles. The van der Waals surface area contributed by atoms with Crippen LogP contribution in [0.15, 0.2) is 48.5 Å². The largest absolute Gasteiger partial charge is 0.497 e. The lowest BCUT2D eigenvalue weighted by Gasteiger charge is -2.30. The second-order valence-corrected chi connectivity index (χ2v) is 5.08. The summed E-state index contributed by atoms with van der Waals surface area (Å²) in [4.78, 5) is 0. The van der Waals surface area contributed by atoms with E-state index in [0.717, 1.165) is 23.5 Å². The molecule has 1 aliphatic rings. The monoisotopic (exact) mass is 270 g/mol. The van der Waals surface area contributed by atoms with Gasteiger partial charge in [-0.25, -0.2) is 0 Å². The smallest absolute Gasteiger partial charge is 0.125 e. The van der Waals surface area contributed by atoms with Gasteiger partial charge in [0.1, 0.15) is 17.6 Å². The number of benzene rings is 2. The van der Waals surface area contributed by atoms with E-state index in [1.807, 2.05) is 36.4 Å². The van der Waals surface area contributed by atoms with Crippen LogP contribution in [0, 0.1) is 0 Å². The second-order valence-electron chi connectivity index (χ2n) is 5.08. The number of hydrogen-bond donors (Lipinski definition) is 1. The maximum Gasteiger partial charge on any atom is 0.125 e. The molecular formula is C17H18O3. The van der Waals surface area contributed by atoms with Crippen molar-refractivity contribution < 1.29 is 14.6 Å². The number of aliphatic hydroxyl groups is 1. The summed E-state index contributed by atoms with van der Waals surface area (Å²) < 4.78 is 11.2. The third kappa shape index (κ3) is 2.63. The molecule has 1 N–H and O–H groups in total. The van der Waals surface area contributed by atoms with Gasteiger partial charge in [0.25, 0.3) is 0 Å². The fourth-order valence-electron chi connectivity index (χ4n) is 2.63. The highest BCUT2D eigenvalue weighted by molar-refractivity contribution is 5.43. The molecule has 3 heteroatoms. The fraction of sp³-hybridized carbons (Fsp3) is 0.294. The van der Waals surface area contributed by atoms with Gasteiger partial charge in [0.05, 0.1) is 13.2 Å². The topological polar surface area (TPSA) is 38.7 Å². The summed E-state index contributed by atoms with van der Waals surface area (Å²) in [6, 6.07) is 15.8. The lowest BCUT2D eigenvalue weighted by molar-refractivity contribution is 0.0660. The third-order valence-corrected chi connectivity index (χ3v) is 3.66. The number of methoxy groups -OCH3 is 1. The summed E-state index contributed by atoms with van der Waals surface area (Å²) in [5.41, 5.74) is 2.04. The van der Waals surface area contributed by atoms with Gasteiger partial charge in [0.2, 0.25) is 0 Å². The normalized spacial score (nSPS) is 20.9. The zero-order chi connectivity index (χ0) is 13.9. The molecule has 0 fully saturated rings. The Morgan fingerprint density at radius 3 is 2.75 bits per heavy atom. The molecule has 0 aliphatic carbocycles. The standard InChI is InChI=1S/C17H18O3/c1-19-13-7-8-17-15(10-13)16(18)11-14(20-17)9-12-5-3-2-4-6-12/h2-8,10,14,16,18H,9,11H2,1H3. The second kappa shape index (κ2) is 5.55. The maximum absolute atomic E-state index is 10.3. The van der Waals surface area contributed by atoms with Crippen LogP contribution in [0.4, 0.5) is 0 Å². The molecule has 0 aromatic heterocycles. The summed E-state index contributed by atoms with van der Waals surface area (Å²) >= 11 is 0. The van der Waals surface area contributed by atoms with E-state index < -0.39 is 6.10 Å². The lowest BCUT2D eigenvalue weighted by atomic mass is 9.95. The minimum Gasteiger partial charge on any atom is -0.497 e. The summed E-state index contributed by atoms with van der Waals surface area (Å²) in [7, 11) is 1.62. The minimum atomic E-state index is -0.498. The van der Waals surface area contributed by atoms with E-state index in [0.29, 0.717) is 6.42 Å². The van der Waals surface area contributed by atoms with Crippen molar-refractivity contribution >= 4 is 0 Å². The first-order chi connectivity index (χ1) is 9.76. The molecule has 0 bridgehead atoms. The van der Waals surface area contributed by atoms with E-state index in [-0.39, 0.29) is 6.10 Å². The molecule has 1 heterocycles. The molecule has 0 amide bonds. The third-order valence-electron chi connectivity index (χ3n) is 3.66. The predicted molar refractivity (Wildman–Crippen MR) is 77.1 cm³/mol. The van der Waals surface area contributed by atoms with E-state index >= 15 is 0 Å². The number of aliphatic hydroxyl groups excluding tert-OH is 1. The molecule has 0 saturated carbocycles. The average Bonchev–Trinajstić information content (AvgIpc) is 2.48. The van der Waals surface area contributed by atoms with Crippen molar-refractivity contribution in [3.63, 3.8) is 0 Å². The Balaban J connectivity index is 1.79. The molecule has 0 spiro atoms. The fourth-order valence-corrected chi connectivity index (χ4v) is 2.63. The van der Waals surface area contributed by atoms with Crippen molar-refractivity contribution in [2.24, 2.45) is 0 Å². The molecule has 2 atom stereocenters. The maximum atomic E-state index is 10.3. The van der Waals surface area contributed by atoms with Gasteiger partial charge in [0.15, 0.2) is 0 Å². The first-order valence-corrected chi connectivity index (χ1v) is 6.83. The van der Waals surface area contributed by atoms with Crippen LogP contribution >= 0.6 is 0 Å². The zero-order valence-corrected chi connectivity index (χ0v) is 11.5. The van der Waals surface area contributed by atoms with Gasteiger partial charge in [-0.05, 0) is 23.8 Å². The quantitative estimate of drug-likeness (QED) is 0.931. The van der Waals surface area contributed by atoms with E-state index in [1.165, 1.54) is 5.56 Å². The Bertz CT molecular complexity index is 580. The Morgan fingerprint density at radius 1 is 1.20 bits per heavy atom. The van der Waals surface area contributed by atoms with Gasteiger partial charge in [-0.1, -0.05) is 30.3 Å². The number of hydrogen-bond acceptors (Lipinski definition) is 3. The van der Waals surface area contributed by atoms with Crippen molar-refractivity contribution in [1.82, 2.24) is 0 Å². The Labute approximate surface area is 118 Å². The summed E-state index contributed by atoms with van der Waals surface area (Å²) in [5.74, 6) is 1.50. The van der Waals surface area contributed by atoms with Crippen LogP contribution < -0.4 is 9.47 Å². The van der Waals surface area contributed by atoms with Crippen LogP contribution in [0.1, 0.15) is 23.7 Å². The van der Waals surface area contributed by atoms with Crippen LogP contribution in [0.25, 0.3) is 0 Å². The molecule has 2 aromatic rings. The molecule has 0 saturated heterocycles. The van der Waals surface area contributed by atoms with Gasteiger partial charge in [-0.3, -0.25) is 0 Å². The molecule has 2 aromatic carbocycles. The number of rotatable bonds is 3. The van der Waals surface area contributed by atoms with Crippen LogP contribution in [-0.4, -0.2) is 18.3 Å². The van der Waals surface area contributed by atoms with Crippen molar-refractivity contribution in [3.05, 3.63) is 59.7 Å². The van der Waals surface area contributed by atoms with Crippen molar-refractivity contribution in [2.75, 3.05) is 7.11 Å². The molecule has 3 nitrogen and oxygen atoms in total. The molecule has 104 valence electrons. The van der Waals surface area contributed by atoms with E-state index in [2.05, 4.69) is 12.1 Å². The van der Waals surface area contributed by atoms with Crippen molar-refractivity contribution in [1.29, 1.82) is 0 Å². The lowest BCUT2D eigenvalue weighted by Crippen LogP contribution is -2.27. The van der Waals surface area contributed by atoms with Crippen LogP contribution in [0.2, 0.25) is 0 Å². The van der Waals surface area contributed by atoms with Gasteiger partial charge in [0, 0.05) is 18.4 Å². The SMILES string of the molecule is COc1ccc2c(c1)C(O)CC(Cc1ccccc1)O2. The number of fused-ring (bicyclic) bond motifs is 1. The zero-order valence-electron chi connectivity index (χ0n) is 11.5. The highest BCUT2D eigenvalue weighted by Gasteiger charge is 2.27. The van der Waals surface area contributed by atoms with E-state index in [4.69, 9.17) is 9.47 Å². The van der Waals surface area contributed by atoms with Crippen LogP contribution in [0.3, 0.4) is 0 Å². The van der Waals surface area contributed by atoms with Gasteiger partial charge in [-0.2, -0.15) is 0 Å². The Kier molecular flexibility index (Phi) is 3.61. The highest BCUT2D eigenvalue weighted by Crippen LogP contribution is 2.37. The molecule has 0 radical (unpaired) electrons. The Morgan fingerprint density at radius 2 is 2.00 bits per heavy atom. The first-order valence-electron chi connectivity index (χ1n) is 6.83. The molecule has 3 rings (SSSR count). The molecular weight excluding hydrogens is 252 g/mol. The summed E-state index contributed by atoms with van der Waals surface area (Å²) in [6.07, 6.45) is 0.925. The van der Waals surface area contributed by atoms with Crippen molar-refractivity contribution in [3.8, 4) is 11.5 Å². The van der Waals surface area contributed by atoms with Crippen LogP contribution in [0.5, 0.6) is 11.5 Å². The molecule has 2 unspecified atom stereocenters.